The summed E-state index contributed by atoms with van der Waals surface area (Å²) in [5, 5.41) is 6.10. The molecule has 0 N–H and O–H groups in total. The number of hydrogen-bond donors (Lipinski definition) is 0. The van der Waals surface area contributed by atoms with E-state index in [1.54, 1.807) is 23.6 Å². The molecule has 51 heavy (non-hydrogen) atoms. The Morgan fingerprint density at radius 1 is 0.706 bits per heavy atom. The monoisotopic (exact) mass is 939 g/mol. The molecule has 0 aliphatic carbocycles. The van der Waals surface area contributed by atoms with Crippen molar-refractivity contribution in [3.8, 4) is 22.5 Å². The second-order valence-corrected chi connectivity index (χ2v) is 31.5. The minimum absolute atomic E-state index is 0. The molecule has 0 amide bonds. The van der Waals surface area contributed by atoms with Gasteiger partial charge in [-0.25, -0.2) is 0 Å². The molecule has 5 aromatic carbocycles. The van der Waals surface area contributed by atoms with Crippen molar-refractivity contribution in [1.29, 1.82) is 0 Å². The van der Waals surface area contributed by atoms with E-state index in [1.807, 2.05) is 85.1 Å². The molecule has 8 aromatic rings. The molecule has 257 valence electrons. The van der Waals surface area contributed by atoms with Crippen LogP contribution in [0.25, 0.3) is 53.5 Å². The zero-order chi connectivity index (χ0) is 36.7. The summed E-state index contributed by atoms with van der Waals surface area (Å²) in [7, 11) is -1.42. The number of nitrogens with zero attached hydrogens (tertiary/aromatic N) is 2. The molecule has 0 fully saturated rings. The van der Waals surface area contributed by atoms with Crippen LogP contribution < -0.4 is 9.58 Å². The van der Waals surface area contributed by atoms with E-state index in [-0.39, 0.29) is 20.1 Å². The Hall–Kier alpha value is -3.71. The Labute approximate surface area is 326 Å². The van der Waals surface area contributed by atoms with Gasteiger partial charge in [-0.05, 0) is 56.2 Å². The molecule has 3 heterocycles. The minimum atomic E-state index is -1.72. The van der Waals surface area contributed by atoms with E-state index in [9.17, 15) is 0 Å². The second kappa shape index (κ2) is 15.5. The smallest absolute Gasteiger partial charge is 0 e. The van der Waals surface area contributed by atoms with E-state index >= 15 is 0 Å². The van der Waals surface area contributed by atoms with Crippen LogP contribution in [0.1, 0.15) is 13.9 Å². The largest absolute Gasteiger partial charge is 0 e. The zero-order valence-electron chi connectivity index (χ0n) is 31.8. The van der Waals surface area contributed by atoms with Gasteiger partial charge in [-0.3, -0.25) is 0 Å². The van der Waals surface area contributed by atoms with Gasteiger partial charge in [0, 0.05) is 33.7 Å². The van der Waals surface area contributed by atoms with E-state index in [2.05, 4.69) is 95.4 Å². The molecule has 0 bridgehead atoms. The fourth-order valence-corrected chi connectivity index (χ4v) is 10.5. The van der Waals surface area contributed by atoms with Gasteiger partial charge in [-0.1, -0.05) is 90.9 Å². The van der Waals surface area contributed by atoms with Gasteiger partial charge < -0.3 is 4.98 Å². The average molecular weight is 938 g/mol. The summed E-state index contributed by atoms with van der Waals surface area (Å²) >= 11 is 0.0481. The van der Waals surface area contributed by atoms with Crippen LogP contribution in [-0.4, -0.2) is 31.3 Å². The molecular formula is C45H42GeIrN2SSi-2. The molecular weight excluding hydrogens is 893 g/mol. The van der Waals surface area contributed by atoms with E-state index in [4.69, 9.17) is 2.74 Å². The first kappa shape index (κ1) is 34.4. The molecule has 0 saturated carbocycles. The van der Waals surface area contributed by atoms with Gasteiger partial charge >= 0.3 is 99.8 Å². The number of benzene rings is 5. The van der Waals surface area contributed by atoms with E-state index in [0.717, 1.165) is 38.0 Å². The van der Waals surface area contributed by atoms with Crippen molar-refractivity contribution in [3.63, 3.8) is 0 Å². The van der Waals surface area contributed by atoms with Gasteiger partial charge in [0.05, 0.1) is 8.07 Å². The molecule has 0 saturated heterocycles. The summed E-state index contributed by atoms with van der Waals surface area (Å²) in [6.45, 7) is 7.13. The Morgan fingerprint density at radius 2 is 1.49 bits per heavy atom. The van der Waals surface area contributed by atoms with Crippen molar-refractivity contribution in [1.82, 2.24) is 9.97 Å². The predicted molar refractivity (Wildman–Crippen MR) is 223 cm³/mol. The maximum Gasteiger partial charge on any atom is 0 e. The molecule has 8 rings (SSSR count). The number of aromatic nitrogens is 2. The minimum Gasteiger partial charge on any atom is 0 e. The van der Waals surface area contributed by atoms with E-state index in [1.165, 1.54) is 25.1 Å². The van der Waals surface area contributed by atoms with Gasteiger partial charge in [-0.15, -0.1) is 23.8 Å². The maximum atomic E-state index is 9.01. The van der Waals surface area contributed by atoms with Gasteiger partial charge in [0.25, 0.3) is 0 Å². The second-order valence-electron chi connectivity index (χ2n) is 14.7. The van der Waals surface area contributed by atoms with Gasteiger partial charge in [0.2, 0.25) is 0 Å². The number of thiophene rings is 1. The topological polar surface area (TPSA) is 25.8 Å². The van der Waals surface area contributed by atoms with Gasteiger partial charge in [0.1, 0.15) is 0 Å². The Balaban J connectivity index is 0.000000238. The molecule has 0 aliphatic heterocycles. The number of hydrogen-bond acceptors (Lipinski definition) is 3. The van der Waals surface area contributed by atoms with Crippen molar-refractivity contribution in [2.24, 2.45) is 0 Å². The molecule has 0 atom stereocenters. The van der Waals surface area contributed by atoms with Crippen LogP contribution >= 0.6 is 11.3 Å². The van der Waals surface area contributed by atoms with Gasteiger partial charge in [-0.2, -0.15) is 11.3 Å². The van der Waals surface area contributed by atoms with Crippen LogP contribution in [0.15, 0.2) is 134 Å². The molecule has 6 heteroatoms. The standard InChI is InChI=1S/C31H26NSSi.C14H16GeN.Ir/c1-34(2,3)25-13-14-30-28(20-25)26-9-6-10-27(31(26)33-30)29-19-22(15-16-32-29)17-21-11-12-23-7-4-5-8-24(23)18-21;1-15(2,3)13-9-10-14(16-11-13)12-7-5-4-6-8-12;/h4-9,11-16,18-20H,17H2,1-3H3;4-7,9-11H,1-3H3;/q2*-1;/i17D2;;. The van der Waals surface area contributed by atoms with Crippen LogP contribution in [0.4, 0.5) is 0 Å². The molecule has 0 aliphatic rings. The molecule has 3 aromatic heterocycles. The molecule has 0 spiro atoms. The van der Waals surface area contributed by atoms with E-state index < -0.39 is 27.7 Å². The molecule has 0 unspecified atom stereocenters. The molecule has 2 nitrogen and oxygen atoms in total. The third-order valence-corrected chi connectivity index (χ3v) is 16.5. The first-order valence-electron chi connectivity index (χ1n) is 18.1. The van der Waals surface area contributed by atoms with Gasteiger partial charge in [0.15, 0.2) is 0 Å². The van der Waals surface area contributed by atoms with Crippen LogP contribution in [0.5, 0.6) is 0 Å². The van der Waals surface area contributed by atoms with Crippen LogP contribution in [0, 0.1) is 12.1 Å². The van der Waals surface area contributed by atoms with Crippen LogP contribution in [0.3, 0.4) is 0 Å². The third-order valence-electron chi connectivity index (χ3n) is 8.97. The summed E-state index contributed by atoms with van der Waals surface area (Å²) in [6.07, 6.45) is 2.10. The predicted octanol–water partition coefficient (Wildman–Crippen LogP) is 11.3. The average Bonchev–Trinajstić information content (AvgIpc) is 3.53. The Bertz CT molecular complexity index is 2520. The number of rotatable bonds is 6. The summed E-state index contributed by atoms with van der Waals surface area (Å²) in [5.41, 5.74) is 4.99. The fraction of sp³-hybridized carbons (Fsp3) is 0.156. The Morgan fingerprint density at radius 3 is 2.22 bits per heavy atom. The fourth-order valence-electron chi connectivity index (χ4n) is 6.03. The van der Waals surface area contributed by atoms with Crippen molar-refractivity contribution in [3.05, 3.63) is 157 Å². The molecule has 1 radical (unpaired) electrons. The summed E-state index contributed by atoms with van der Waals surface area (Å²) in [5.74, 6) is 7.14. The zero-order valence-corrected chi connectivity index (χ0v) is 36.1. The van der Waals surface area contributed by atoms with Crippen LogP contribution in [-0.2, 0) is 26.5 Å². The first-order valence-corrected chi connectivity index (χ1v) is 28.7. The summed E-state index contributed by atoms with van der Waals surface area (Å²) in [4.78, 5) is 9.19. The number of pyridine rings is 2. The van der Waals surface area contributed by atoms with Crippen LogP contribution in [0.2, 0.25) is 36.9 Å². The van der Waals surface area contributed by atoms with Crippen molar-refractivity contribution in [2.75, 3.05) is 0 Å². The van der Waals surface area contributed by atoms with E-state index in [0.29, 0.717) is 11.1 Å². The third kappa shape index (κ3) is 8.51. The maximum absolute atomic E-state index is 9.01. The number of fused-ring (bicyclic) bond motifs is 4. The quantitative estimate of drug-likeness (QED) is 0.123. The van der Waals surface area contributed by atoms with Crippen molar-refractivity contribution in [2.45, 2.75) is 43.3 Å². The SMILES string of the molecule is [2H]C([2H])(c1ccnc(-c2[c-]ccc3c2sc2ccc([Si](C)(C)C)cc23)c1)c1ccc2ccccc2c1.[CH3][Ge]([CH3])([CH3])[c]1ccc(-c2[c-]cccc2)nc1.[Ir]. The summed E-state index contributed by atoms with van der Waals surface area (Å²) < 4.78 is 21.9. The summed E-state index contributed by atoms with van der Waals surface area (Å²) in [6, 6.07) is 47.5. The normalized spacial score (nSPS) is 12.5. The first-order chi connectivity index (χ1) is 24.8. The Kier molecular flexibility index (Phi) is 10.4. The van der Waals surface area contributed by atoms with Crippen molar-refractivity contribution < 1.29 is 22.8 Å². The van der Waals surface area contributed by atoms with Crippen molar-refractivity contribution >= 4 is 73.2 Å².